The number of hydrogen-bond acceptors (Lipinski definition) is 13. The smallest absolute Gasteiger partial charge is 0.460 e. The molecule has 6 N–H and O–H groups in total. The molecule has 2 amide bonds. The van der Waals surface area contributed by atoms with Crippen LogP contribution in [0.4, 0.5) is 0 Å². The number of benzene rings is 1. The zero-order valence-corrected chi connectivity index (χ0v) is 35.6. The molecule has 3 fully saturated rings. The van der Waals surface area contributed by atoms with Crippen molar-refractivity contribution in [3.8, 4) is 5.75 Å². The van der Waals surface area contributed by atoms with Gasteiger partial charge in [-0.05, 0) is 111 Å². The van der Waals surface area contributed by atoms with Gasteiger partial charge in [-0.2, -0.15) is 0 Å². The SMILES string of the molecule is CCCCOP(=O)(OCCCC)Oc1ccc2c(c1)CCC1C2CCC2(C)C(OCCC(=O)NCCOCCOCC(=O)OC3CCC(N)C(O)C3C(N)=O)CCC12. The highest BCUT2D eigenvalue weighted by Crippen LogP contribution is 2.62. The molecule has 328 valence electrons. The quantitative estimate of drug-likeness (QED) is 0.0608. The predicted octanol–water partition coefficient (Wildman–Crippen LogP) is 5.08. The van der Waals surface area contributed by atoms with Crippen molar-refractivity contribution in [1.82, 2.24) is 5.32 Å². The Bertz CT molecular complexity index is 1540. The maximum atomic E-state index is 13.5. The minimum atomic E-state index is -3.71. The lowest BCUT2D eigenvalue weighted by atomic mass is 9.55. The summed E-state index contributed by atoms with van der Waals surface area (Å²) in [7, 11) is -3.71. The monoisotopic (exact) mass is 837 g/mol. The Balaban J connectivity index is 0.969. The Labute approximate surface area is 343 Å². The molecule has 4 aliphatic carbocycles. The first-order valence-corrected chi connectivity index (χ1v) is 23.0. The van der Waals surface area contributed by atoms with Crippen LogP contribution >= 0.6 is 7.82 Å². The van der Waals surface area contributed by atoms with Crippen LogP contribution in [0.5, 0.6) is 5.75 Å². The molecule has 0 radical (unpaired) electrons. The molecule has 4 aliphatic rings. The van der Waals surface area contributed by atoms with E-state index in [4.69, 9.17) is 44.0 Å². The van der Waals surface area contributed by atoms with Crippen LogP contribution in [0.3, 0.4) is 0 Å². The summed E-state index contributed by atoms with van der Waals surface area (Å²) in [5.74, 6) is -0.458. The Morgan fingerprint density at radius 1 is 0.931 bits per heavy atom. The van der Waals surface area contributed by atoms with Crippen molar-refractivity contribution in [2.75, 3.05) is 52.8 Å². The number of aryl methyl sites for hydroxylation is 1. The first-order chi connectivity index (χ1) is 27.9. The average molecular weight is 838 g/mol. The predicted molar refractivity (Wildman–Crippen MR) is 216 cm³/mol. The molecule has 15 nitrogen and oxygen atoms in total. The number of aliphatic hydroxyl groups excluding tert-OH is 1. The summed E-state index contributed by atoms with van der Waals surface area (Å²) in [6.45, 7) is 8.16. The molecule has 0 saturated heterocycles. The lowest BCUT2D eigenvalue weighted by Crippen LogP contribution is -2.55. The topological polar surface area (TPSA) is 217 Å². The molecule has 0 heterocycles. The van der Waals surface area contributed by atoms with Crippen LogP contribution in [-0.2, 0) is 53.4 Å². The molecule has 1 aromatic carbocycles. The average Bonchev–Trinajstić information content (AvgIpc) is 3.53. The molecule has 5 rings (SSSR count). The Morgan fingerprint density at radius 2 is 1.67 bits per heavy atom. The van der Waals surface area contributed by atoms with Crippen molar-refractivity contribution in [2.45, 2.75) is 135 Å². The minimum Gasteiger partial charge on any atom is -0.460 e. The van der Waals surface area contributed by atoms with Gasteiger partial charge >= 0.3 is 13.8 Å². The number of carbonyl (C=O) groups is 3. The van der Waals surface area contributed by atoms with Crippen LogP contribution in [0.25, 0.3) is 0 Å². The van der Waals surface area contributed by atoms with E-state index in [2.05, 4.69) is 32.2 Å². The van der Waals surface area contributed by atoms with E-state index in [1.807, 2.05) is 12.1 Å². The van der Waals surface area contributed by atoms with E-state index in [0.717, 1.165) is 64.2 Å². The number of phosphoric acid groups is 1. The van der Waals surface area contributed by atoms with E-state index in [9.17, 15) is 24.1 Å². The fourth-order valence-corrected chi connectivity index (χ4v) is 10.9. The number of amides is 2. The van der Waals surface area contributed by atoms with E-state index in [1.165, 1.54) is 11.1 Å². The second-order valence-corrected chi connectivity index (χ2v) is 18.2. The van der Waals surface area contributed by atoms with Crippen molar-refractivity contribution < 1.29 is 56.6 Å². The summed E-state index contributed by atoms with van der Waals surface area (Å²) >= 11 is 0. The molecule has 0 bridgehead atoms. The highest BCUT2D eigenvalue weighted by atomic mass is 31.2. The van der Waals surface area contributed by atoms with Crippen molar-refractivity contribution in [1.29, 1.82) is 0 Å². The first kappa shape index (κ1) is 46.4. The number of primary amides is 1. The van der Waals surface area contributed by atoms with Gasteiger partial charge in [-0.1, -0.05) is 39.7 Å². The van der Waals surface area contributed by atoms with Crippen LogP contribution < -0.4 is 21.3 Å². The maximum Gasteiger partial charge on any atom is 0.530 e. The second-order valence-electron chi connectivity index (χ2n) is 16.6. The normalized spacial score (nSPS) is 29.2. The summed E-state index contributed by atoms with van der Waals surface area (Å²) in [5, 5.41) is 13.1. The molecule has 9 atom stereocenters. The van der Waals surface area contributed by atoms with Crippen LogP contribution in [-0.4, -0.2) is 100 Å². The Morgan fingerprint density at radius 3 is 2.40 bits per heavy atom. The fraction of sp³-hybridized carbons (Fsp3) is 0.786. The Hall–Kier alpha value is -2.62. The number of carbonyl (C=O) groups excluding carboxylic acids is 3. The highest BCUT2D eigenvalue weighted by Gasteiger charge is 2.55. The van der Waals surface area contributed by atoms with Gasteiger partial charge in [-0.3, -0.25) is 18.6 Å². The van der Waals surface area contributed by atoms with Crippen molar-refractivity contribution in [2.24, 2.45) is 34.6 Å². The number of nitrogens with two attached hydrogens (primary N) is 2. The molecule has 0 aliphatic heterocycles. The summed E-state index contributed by atoms with van der Waals surface area (Å²) in [4.78, 5) is 36.5. The largest absolute Gasteiger partial charge is 0.530 e. The third-order valence-electron chi connectivity index (χ3n) is 12.7. The lowest BCUT2D eigenvalue weighted by Gasteiger charge is -2.50. The Kier molecular flexibility index (Phi) is 17.8. The summed E-state index contributed by atoms with van der Waals surface area (Å²) in [6, 6.07) is 5.53. The lowest BCUT2D eigenvalue weighted by molar-refractivity contribution is -0.166. The van der Waals surface area contributed by atoms with Crippen LogP contribution in [0.15, 0.2) is 18.2 Å². The number of rotatable bonds is 24. The number of phosphoric ester groups is 1. The van der Waals surface area contributed by atoms with Crippen LogP contribution in [0.1, 0.15) is 115 Å². The van der Waals surface area contributed by atoms with Crippen LogP contribution in [0, 0.1) is 23.2 Å². The van der Waals surface area contributed by atoms with Gasteiger partial charge in [0, 0.05) is 19.0 Å². The number of fused-ring (bicyclic) bond motifs is 5. The van der Waals surface area contributed by atoms with E-state index >= 15 is 0 Å². The number of ether oxygens (including phenoxy) is 4. The summed E-state index contributed by atoms with van der Waals surface area (Å²) < 4.78 is 53.4. The zero-order valence-electron chi connectivity index (χ0n) is 34.7. The van der Waals surface area contributed by atoms with Gasteiger partial charge in [0.2, 0.25) is 11.8 Å². The first-order valence-electron chi connectivity index (χ1n) is 21.6. The van der Waals surface area contributed by atoms with E-state index in [0.29, 0.717) is 62.7 Å². The van der Waals surface area contributed by atoms with Crippen molar-refractivity contribution in [3.63, 3.8) is 0 Å². The second kappa shape index (κ2) is 22.3. The van der Waals surface area contributed by atoms with Gasteiger partial charge in [0.1, 0.15) is 24.4 Å². The standard InChI is InChI=1S/C42H68N3O12P/c1-4-6-20-54-58(50,55-21-7-5-2)57-29-9-11-30-28(26-29)8-10-32-31(30)16-18-42(3)33(32)12-15-36(42)53-22-17-37(46)45-19-23-51-24-25-52-27-38(47)56-35-14-13-34(43)40(48)39(35)41(44)49/h9,11,26,31-36,39-40,48H,4-8,10,12-25,27,43H2,1-3H3,(H2,44,49)(H,45,46). The van der Waals surface area contributed by atoms with E-state index < -0.39 is 43.9 Å². The molecular formula is C42H68N3O12P. The van der Waals surface area contributed by atoms with Gasteiger partial charge in [0.15, 0.2) is 0 Å². The highest BCUT2D eigenvalue weighted by molar-refractivity contribution is 7.48. The van der Waals surface area contributed by atoms with E-state index in [-0.39, 0.29) is 50.3 Å². The van der Waals surface area contributed by atoms with Gasteiger partial charge in [-0.25, -0.2) is 9.36 Å². The number of nitrogens with one attached hydrogen (secondary N) is 1. The number of esters is 1. The summed E-state index contributed by atoms with van der Waals surface area (Å²) in [6.07, 6.45) is 8.84. The zero-order chi connectivity index (χ0) is 41.7. The number of aliphatic hydroxyl groups is 1. The van der Waals surface area contributed by atoms with Crippen molar-refractivity contribution >= 4 is 25.6 Å². The minimum absolute atomic E-state index is 0.0710. The third kappa shape index (κ3) is 12.2. The van der Waals surface area contributed by atoms with Crippen LogP contribution in [0.2, 0.25) is 0 Å². The van der Waals surface area contributed by atoms with Gasteiger partial charge in [-0.15, -0.1) is 0 Å². The molecular weight excluding hydrogens is 769 g/mol. The molecule has 1 aromatic rings. The van der Waals surface area contributed by atoms with Gasteiger partial charge in [0.05, 0.1) is 51.8 Å². The molecule has 16 heteroatoms. The number of unbranched alkanes of at least 4 members (excludes halogenated alkanes) is 2. The fourth-order valence-electron chi connectivity index (χ4n) is 9.60. The summed E-state index contributed by atoms with van der Waals surface area (Å²) in [5.41, 5.74) is 13.9. The molecule has 0 spiro atoms. The van der Waals surface area contributed by atoms with Gasteiger partial charge in [0.25, 0.3) is 0 Å². The third-order valence-corrected chi connectivity index (χ3v) is 14.2. The molecule has 58 heavy (non-hydrogen) atoms. The van der Waals surface area contributed by atoms with Gasteiger partial charge < -0.3 is 45.4 Å². The molecule has 0 aromatic heterocycles. The molecule has 9 unspecified atom stereocenters. The maximum absolute atomic E-state index is 13.5. The molecule has 3 saturated carbocycles. The number of hydrogen-bond donors (Lipinski definition) is 4. The van der Waals surface area contributed by atoms with E-state index in [1.54, 1.807) is 0 Å². The van der Waals surface area contributed by atoms with Crippen molar-refractivity contribution in [3.05, 3.63) is 29.3 Å².